The van der Waals surface area contributed by atoms with Crippen molar-refractivity contribution in [2.24, 2.45) is 5.92 Å². The molecule has 2 atom stereocenters. The molecule has 2 aromatic rings. The minimum Gasteiger partial charge on any atom is -0.496 e. The third-order valence-electron chi connectivity index (χ3n) is 5.50. The van der Waals surface area contributed by atoms with Crippen LogP contribution < -0.4 is 4.74 Å². The Morgan fingerprint density at radius 3 is 2.32 bits per heavy atom. The molecule has 132 valence electrons. The van der Waals surface area contributed by atoms with Crippen LogP contribution in [-0.4, -0.2) is 19.3 Å². The number of hydrogen-bond acceptors (Lipinski definition) is 3. The fourth-order valence-electron chi connectivity index (χ4n) is 4.10. The van der Waals surface area contributed by atoms with Gasteiger partial charge < -0.3 is 14.6 Å². The van der Waals surface area contributed by atoms with Crippen molar-refractivity contribution in [3.8, 4) is 5.75 Å². The second-order valence-corrected chi connectivity index (χ2v) is 6.91. The molecule has 3 heteroatoms. The average molecular weight is 338 g/mol. The third kappa shape index (κ3) is 2.46. The predicted octanol–water partition coefficient (Wildman–Crippen LogP) is 4.58. The van der Waals surface area contributed by atoms with Crippen molar-refractivity contribution in [1.82, 2.24) is 0 Å². The highest BCUT2D eigenvalue weighted by Gasteiger charge is 2.47. The van der Waals surface area contributed by atoms with Gasteiger partial charge in [-0.15, -0.1) is 0 Å². The van der Waals surface area contributed by atoms with Gasteiger partial charge in [0.25, 0.3) is 0 Å². The Kier molecular flexibility index (Phi) is 4.38. The Bertz CT molecular complexity index is 850. The maximum Gasteiger partial charge on any atom is 0.126 e. The van der Waals surface area contributed by atoms with Gasteiger partial charge in [-0.1, -0.05) is 42.8 Å². The second-order valence-electron chi connectivity index (χ2n) is 6.91. The predicted molar refractivity (Wildman–Crippen MR) is 101 cm³/mol. The highest BCUT2D eigenvalue weighted by Crippen LogP contribution is 2.52. The topological polar surface area (TPSA) is 38.7 Å². The summed E-state index contributed by atoms with van der Waals surface area (Å²) >= 11 is 0. The van der Waals surface area contributed by atoms with Gasteiger partial charge in [-0.3, -0.25) is 0 Å². The number of hydrogen-bond donors (Lipinski definition) is 1. The van der Waals surface area contributed by atoms with Crippen LogP contribution >= 0.6 is 0 Å². The van der Waals surface area contributed by atoms with E-state index in [1.165, 1.54) is 5.56 Å². The molecule has 25 heavy (non-hydrogen) atoms. The number of rotatable bonds is 3. The van der Waals surface area contributed by atoms with Crippen LogP contribution in [0.25, 0.3) is 5.76 Å². The first-order valence-corrected chi connectivity index (χ1v) is 8.59. The first kappa shape index (κ1) is 17.6. The fraction of sp³-hybridized carbons (Fsp3) is 0.364. The van der Waals surface area contributed by atoms with E-state index in [1.54, 1.807) is 14.2 Å². The molecule has 0 heterocycles. The number of aryl methyl sites for hydroxylation is 2. The normalized spacial score (nSPS) is 22.6. The van der Waals surface area contributed by atoms with E-state index in [2.05, 4.69) is 13.0 Å². The van der Waals surface area contributed by atoms with Crippen molar-refractivity contribution >= 4 is 5.76 Å². The summed E-state index contributed by atoms with van der Waals surface area (Å²) in [6.45, 7) is 8.18. The summed E-state index contributed by atoms with van der Waals surface area (Å²) in [5, 5.41) is 12.1. The lowest BCUT2D eigenvalue weighted by atomic mass is 9.67. The van der Waals surface area contributed by atoms with Crippen molar-refractivity contribution < 1.29 is 14.6 Å². The molecule has 0 saturated heterocycles. The van der Waals surface area contributed by atoms with Crippen LogP contribution in [0.3, 0.4) is 0 Å². The molecule has 0 aromatic heterocycles. The molecule has 3 nitrogen and oxygen atoms in total. The standard InChI is InChI=1S/C22H26O3/c1-13-10-11-18(14(2)12-13)22(23)16(4)15(3)21(25-6)17-8-7-9-19(24-5)20(17)22/h7-12,16,23H,1-6H3. The zero-order valence-corrected chi connectivity index (χ0v) is 15.8. The molecule has 1 aliphatic rings. The van der Waals surface area contributed by atoms with E-state index in [1.807, 2.05) is 51.1 Å². The van der Waals surface area contributed by atoms with Crippen LogP contribution in [0.2, 0.25) is 0 Å². The Labute approximate surface area is 149 Å². The Balaban J connectivity index is 2.41. The quantitative estimate of drug-likeness (QED) is 0.890. The minimum atomic E-state index is -1.17. The fourth-order valence-corrected chi connectivity index (χ4v) is 4.10. The van der Waals surface area contributed by atoms with Gasteiger partial charge in [0.05, 0.1) is 14.2 Å². The van der Waals surface area contributed by atoms with Gasteiger partial charge in [-0.25, -0.2) is 0 Å². The SMILES string of the molecule is COC1=C(C)C(C)C(O)(c2ccc(C)cc2C)c2c(OC)cccc21. The molecule has 0 fully saturated rings. The van der Waals surface area contributed by atoms with Crippen molar-refractivity contribution in [1.29, 1.82) is 0 Å². The average Bonchev–Trinajstić information content (AvgIpc) is 2.59. The number of ether oxygens (including phenoxy) is 2. The molecular formula is C22H26O3. The first-order chi connectivity index (χ1) is 11.9. The molecule has 0 spiro atoms. The Morgan fingerprint density at radius 2 is 1.72 bits per heavy atom. The van der Waals surface area contributed by atoms with Crippen molar-refractivity contribution in [3.05, 3.63) is 69.8 Å². The lowest BCUT2D eigenvalue weighted by molar-refractivity contribution is 0.0318. The lowest BCUT2D eigenvalue weighted by Crippen LogP contribution is -2.40. The van der Waals surface area contributed by atoms with Crippen LogP contribution in [0.1, 0.15) is 41.7 Å². The highest BCUT2D eigenvalue weighted by atomic mass is 16.5. The summed E-state index contributed by atoms with van der Waals surface area (Å²) in [6.07, 6.45) is 0. The summed E-state index contributed by atoms with van der Waals surface area (Å²) in [4.78, 5) is 0. The maximum absolute atomic E-state index is 12.1. The molecule has 0 amide bonds. The zero-order valence-electron chi connectivity index (χ0n) is 15.8. The highest BCUT2D eigenvalue weighted by molar-refractivity contribution is 5.74. The molecule has 0 aliphatic heterocycles. The van der Waals surface area contributed by atoms with Gasteiger partial charge in [0, 0.05) is 17.0 Å². The molecule has 1 aliphatic carbocycles. The molecule has 2 aromatic carbocycles. The molecular weight excluding hydrogens is 312 g/mol. The van der Waals surface area contributed by atoms with Gasteiger partial charge in [0.1, 0.15) is 17.1 Å². The minimum absolute atomic E-state index is 0.146. The van der Waals surface area contributed by atoms with Crippen LogP contribution in [0.15, 0.2) is 42.0 Å². The maximum atomic E-state index is 12.1. The van der Waals surface area contributed by atoms with Crippen molar-refractivity contribution in [3.63, 3.8) is 0 Å². The smallest absolute Gasteiger partial charge is 0.126 e. The van der Waals surface area contributed by atoms with E-state index in [-0.39, 0.29) is 5.92 Å². The van der Waals surface area contributed by atoms with E-state index in [0.717, 1.165) is 33.6 Å². The van der Waals surface area contributed by atoms with Gasteiger partial charge in [0.15, 0.2) is 0 Å². The van der Waals surface area contributed by atoms with Crippen LogP contribution in [0, 0.1) is 19.8 Å². The van der Waals surface area contributed by atoms with Crippen LogP contribution in [0.5, 0.6) is 5.75 Å². The van der Waals surface area contributed by atoms with E-state index in [9.17, 15) is 5.11 Å². The summed E-state index contributed by atoms with van der Waals surface area (Å²) in [5.41, 5.74) is 4.68. The van der Waals surface area contributed by atoms with Gasteiger partial charge in [-0.2, -0.15) is 0 Å². The van der Waals surface area contributed by atoms with Gasteiger partial charge in [0.2, 0.25) is 0 Å². The first-order valence-electron chi connectivity index (χ1n) is 8.59. The summed E-state index contributed by atoms with van der Waals surface area (Å²) < 4.78 is 11.3. The van der Waals surface area contributed by atoms with E-state index >= 15 is 0 Å². The zero-order chi connectivity index (χ0) is 18.4. The van der Waals surface area contributed by atoms with Gasteiger partial charge in [-0.05, 0) is 43.5 Å². The molecule has 1 N–H and O–H groups in total. The second kappa shape index (κ2) is 6.23. The summed E-state index contributed by atoms with van der Waals surface area (Å²) in [7, 11) is 3.32. The molecule has 0 radical (unpaired) electrons. The molecule has 0 bridgehead atoms. The largest absolute Gasteiger partial charge is 0.496 e. The lowest BCUT2D eigenvalue weighted by Gasteiger charge is -2.42. The summed E-state index contributed by atoms with van der Waals surface area (Å²) in [5.74, 6) is 1.34. The Morgan fingerprint density at radius 1 is 1.00 bits per heavy atom. The molecule has 3 rings (SSSR count). The monoisotopic (exact) mass is 338 g/mol. The van der Waals surface area contributed by atoms with E-state index in [0.29, 0.717) is 5.75 Å². The van der Waals surface area contributed by atoms with Gasteiger partial charge >= 0.3 is 0 Å². The number of aliphatic hydroxyl groups is 1. The van der Waals surface area contributed by atoms with E-state index in [4.69, 9.17) is 9.47 Å². The van der Waals surface area contributed by atoms with E-state index < -0.39 is 5.60 Å². The Hall–Kier alpha value is -2.26. The number of benzene rings is 2. The summed E-state index contributed by atoms with van der Waals surface area (Å²) in [6, 6.07) is 12.0. The number of methoxy groups -OCH3 is 2. The van der Waals surface area contributed by atoms with Crippen molar-refractivity contribution in [2.75, 3.05) is 14.2 Å². The molecule has 0 saturated carbocycles. The van der Waals surface area contributed by atoms with Crippen LogP contribution in [-0.2, 0) is 10.3 Å². The number of fused-ring (bicyclic) bond motifs is 1. The van der Waals surface area contributed by atoms with Crippen LogP contribution in [0.4, 0.5) is 0 Å². The third-order valence-corrected chi connectivity index (χ3v) is 5.50. The van der Waals surface area contributed by atoms with Crippen molar-refractivity contribution in [2.45, 2.75) is 33.3 Å². The molecule has 2 unspecified atom stereocenters.